The Morgan fingerprint density at radius 3 is 3.18 bits per heavy atom. The molecule has 2 rings (SSSR count). The topological polar surface area (TPSA) is 38.9 Å². The maximum atomic E-state index is 5.11. The summed E-state index contributed by atoms with van der Waals surface area (Å²) in [5, 5.41) is 1.02. The number of rotatable bonds is 1. The SMILES string of the molecule is CCc1ncnc2occc12. The second kappa shape index (κ2) is 2.34. The van der Waals surface area contributed by atoms with Crippen LogP contribution in [0.5, 0.6) is 0 Å². The maximum Gasteiger partial charge on any atom is 0.229 e. The Kier molecular flexibility index (Phi) is 1.35. The second-order valence-corrected chi connectivity index (χ2v) is 2.31. The third kappa shape index (κ3) is 0.888. The van der Waals surface area contributed by atoms with E-state index in [0.717, 1.165) is 17.5 Å². The third-order valence-corrected chi connectivity index (χ3v) is 1.68. The lowest BCUT2D eigenvalue weighted by molar-refractivity contribution is 0.602. The number of hydrogen-bond acceptors (Lipinski definition) is 3. The van der Waals surface area contributed by atoms with Crippen LogP contribution in [0.2, 0.25) is 0 Å². The van der Waals surface area contributed by atoms with Gasteiger partial charge in [0, 0.05) is 0 Å². The molecule has 0 saturated heterocycles. The van der Waals surface area contributed by atoms with Gasteiger partial charge in [0.25, 0.3) is 0 Å². The summed E-state index contributed by atoms with van der Waals surface area (Å²) in [4.78, 5) is 8.10. The Hall–Kier alpha value is -1.38. The van der Waals surface area contributed by atoms with E-state index in [0.29, 0.717) is 5.71 Å². The lowest BCUT2D eigenvalue weighted by Crippen LogP contribution is -1.87. The molecular formula is C8H8N2O. The quantitative estimate of drug-likeness (QED) is 0.618. The molecule has 56 valence electrons. The van der Waals surface area contributed by atoms with Gasteiger partial charge in [0.05, 0.1) is 17.3 Å². The minimum absolute atomic E-state index is 0.678. The van der Waals surface area contributed by atoms with Crippen molar-refractivity contribution in [2.45, 2.75) is 13.3 Å². The molecule has 2 heterocycles. The zero-order chi connectivity index (χ0) is 7.68. The zero-order valence-electron chi connectivity index (χ0n) is 6.24. The van der Waals surface area contributed by atoms with Gasteiger partial charge in [-0.1, -0.05) is 6.92 Å². The van der Waals surface area contributed by atoms with Crippen molar-refractivity contribution < 1.29 is 4.42 Å². The number of furan rings is 1. The van der Waals surface area contributed by atoms with Crippen LogP contribution in [0.15, 0.2) is 23.1 Å². The maximum absolute atomic E-state index is 5.11. The van der Waals surface area contributed by atoms with Crippen LogP contribution in [0.3, 0.4) is 0 Å². The summed E-state index contributed by atoms with van der Waals surface area (Å²) in [5.41, 5.74) is 1.72. The first-order chi connectivity index (χ1) is 5.42. The van der Waals surface area contributed by atoms with E-state index in [1.165, 1.54) is 6.33 Å². The van der Waals surface area contributed by atoms with Crippen molar-refractivity contribution in [3.05, 3.63) is 24.4 Å². The first-order valence-electron chi connectivity index (χ1n) is 3.59. The van der Waals surface area contributed by atoms with Gasteiger partial charge in [-0.15, -0.1) is 0 Å². The average Bonchev–Trinajstić information content (AvgIpc) is 2.50. The number of aryl methyl sites for hydroxylation is 1. The van der Waals surface area contributed by atoms with Gasteiger partial charge < -0.3 is 4.42 Å². The molecule has 0 aliphatic rings. The van der Waals surface area contributed by atoms with E-state index in [1.807, 2.05) is 6.07 Å². The van der Waals surface area contributed by atoms with E-state index in [1.54, 1.807) is 6.26 Å². The molecule has 0 fully saturated rings. The summed E-state index contributed by atoms with van der Waals surface area (Å²) in [6, 6.07) is 1.90. The van der Waals surface area contributed by atoms with E-state index >= 15 is 0 Å². The smallest absolute Gasteiger partial charge is 0.229 e. The fourth-order valence-electron chi connectivity index (χ4n) is 1.12. The lowest BCUT2D eigenvalue weighted by Gasteiger charge is -1.93. The second-order valence-electron chi connectivity index (χ2n) is 2.31. The number of aromatic nitrogens is 2. The molecule has 3 heteroatoms. The summed E-state index contributed by atoms with van der Waals surface area (Å²) in [5.74, 6) is 0. The molecule has 0 saturated carbocycles. The minimum Gasteiger partial charge on any atom is -0.446 e. The van der Waals surface area contributed by atoms with Crippen LogP contribution < -0.4 is 0 Å². The Balaban J connectivity index is 2.79. The van der Waals surface area contributed by atoms with Crippen LogP contribution in [0.4, 0.5) is 0 Å². The van der Waals surface area contributed by atoms with E-state index in [9.17, 15) is 0 Å². The molecule has 0 radical (unpaired) electrons. The standard InChI is InChI=1S/C8H8N2O/c1-2-7-6-3-4-11-8(6)10-5-9-7/h3-5H,2H2,1H3. The molecule has 2 aromatic rings. The van der Waals surface area contributed by atoms with Crippen LogP contribution in [-0.2, 0) is 6.42 Å². The van der Waals surface area contributed by atoms with Gasteiger partial charge in [0.2, 0.25) is 5.71 Å². The molecule has 0 aliphatic carbocycles. The molecule has 11 heavy (non-hydrogen) atoms. The molecule has 0 bridgehead atoms. The first kappa shape index (κ1) is 6.34. The van der Waals surface area contributed by atoms with Crippen molar-refractivity contribution in [2.24, 2.45) is 0 Å². The van der Waals surface area contributed by atoms with Crippen LogP contribution in [0.25, 0.3) is 11.1 Å². The monoisotopic (exact) mass is 148 g/mol. The first-order valence-corrected chi connectivity index (χ1v) is 3.59. The van der Waals surface area contributed by atoms with Crippen LogP contribution in [0, 0.1) is 0 Å². The predicted molar refractivity (Wildman–Crippen MR) is 41.2 cm³/mol. The molecule has 0 amide bonds. The van der Waals surface area contributed by atoms with E-state index in [4.69, 9.17) is 4.42 Å². The number of fused-ring (bicyclic) bond motifs is 1. The fraction of sp³-hybridized carbons (Fsp3) is 0.250. The molecule has 0 aliphatic heterocycles. The molecule has 0 unspecified atom stereocenters. The van der Waals surface area contributed by atoms with Gasteiger partial charge >= 0.3 is 0 Å². The van der Waals surface area contributed by atoms with Crippen molar-refractivity contribution in [3.8, 4) is 0 Å². The van der Waals surface area contributed by atoms with Gasteiger partial charge in [-0.2, -0.15) is 0 Å². The van der Waals surface area contributed by atoms with Crippen molar-refractivity contribution >= 4 is 11.1 Å². The molecule has 2 aromatic heterocycles. The Bertz CT molecular complexity index is 367. The summed E-state index contributed by atoms with van der Waals surface area (Å²) < 4.78 is 5.11. The zero-order valence-corrected chi connectivity index (χ0v) is 6.24. The average molecular weight is 148 g/mol. The van der Waals surface area contributed by atoms with Crippen molar-refractivity contribution in [1.29, 1.82) is 0 Å². The van der Waals surface area contributed by atoms with Crippen LogP contribution >= 0.6 is 0 Å². The summed E-state index contributed by atoms with van der Waals surface area (Å²) in [7, 11) is 0. The summed E-state index contributed by atoms with van der Waals surface area (Å²) in [6.45, 7) is 2.06. The highest BCUT2D eigenvalue weighted by atomic mass is 16.3. The van der Waals surface area contributed by atoms with E-state index < -0.39 is 0 Å². The highest BCUT2D eigenvalue weighted by Gasteiger charge is 2.02. The van der Waals surface area contributed by atoms with Crippen LogP contribution in [0.1, 0.15) is 12.6 Å². The van der Waals surface area contributed by atoms with E-state index in [2.05, 4.69) is 16.9 Å². The van der Waals surface area contributed by atoms with Crippen LogP contribution in [-0.4, -0.2) is 9.97 Å². The molecule has 0 N–H and O–H groups in total. The lowest BCUT2D eigenvalue weighted by atomic mass is 10.2. The van der Waals surface area contributed by atoms with Crippen molar-refractivity contribution in [3.63, 3.8) is 0 Å². The summed E-state index contributed by atoms with van der Waals surface area (Å²) >= 11 is 0. The highest BCUT2D eigenvalue weighted by Crippen LogP contribution is 2.14. The Morgan fingerprint density at radius 2 is 2.36 bits per heavy atom. The molecule has 0 aromatic carbocycles. The fourth-order valence-corrected chi connectivity index (χ4v) is 1.12. The van der Waals surface area contributed by atoms with Gasteiger partial charge in [0.1, 0.15) is 6.33 Å². The number of nitrogens with zero attached hydrogens (tertiary/aromatic N) is 2. The largest absolute Gasteiger partial charge is 0.446 e. The summed E-state index contributed by atoms with van der Waals surface area (Å²) in [6.07, 6.45) is 4.09. The molecule has 0 atom stereocenters. The van der Waals surface area contributed by atoms with E-state index in [-0.39, 0.29) is 0 Å². The van der Waals surface area contributed by atoms with Gasteiger partial charge in [-0.05, 0) is 12.5 Å². The molecular weight excluding hydrogens is 140 g/mol. The van der Waals surface area contributed by atoms with Crippen molar-refractivity contribution in [1.82, 2.24) is 9.97 Å². The van der Waals surface area contributed by atoms with Gasteiger partial charge in [-0.3, -0.25) is 0 Å². The normalized spacial score (nSPS) is 10.6. The molecule has 3 nitrogen and oxygen atoms in total. The Morgan fingerprint density at radius 1 is 1.45 bits per heavy atom. The predicted octanol–water partition coefficient (Wildman–Crippen LogP) is 1.79. The third-order valence-electron chi connectivity index (χ3n) is 1.68. The van der Waals surface area contributed by atoms with Crippen molar-refractivity contribution in [2.75, 3.05) is 0 Å². The molecule has 0 spiro atoms. The van der Waals surface area contributed by atoms with Gasteiger partial charge in [-0.25, -0.2) is 9.97 Å². The van der Waals surface area contributed by atoms with Gasteiger partial charge in [0.15, 0.2) is 0 Å². The Labute approximate surface area is 64.1 Å². The minimum atomic E-state index is 0.678. The number of hydrogen-bond donors (Lipinski definition) is 0. The highest BCUT2D eigenvalue weighted by molar-refractivity contribution is 5.75.